The predicted octanol–water partition coefficient (Wildman–Crippen LogP) is 2.29. The van der Waals surface area contributed by atoms with Crippen LogP contribution >= 0.6 is 0 Å². The molecule has 1 saturated heterocycles. The van der Waals surface area contributed by atoms with E-state index in [1.54, 1.807) is 29.2 Å². The Hall–Kier alpha value is -2.73. The van der Waals surface area contributed by atoms with E-state index < -0.39 is 0 Å². The third-order valence-electron chi connectivity index (χ3n) is 4.91. The van der Waals surface area contributed by atoms with Gasteiger partial charge < -0.3 is 5.32 Å². The van der Waals surface area contributed by atoms with Crippen LogP contribution in [0, 0.1) is 0 Å². The molecule has 0 bridgehead atoms. The number of likely N-dealkylation sites (tertiary alicyclic amines) is 1. The summed E-state index contributed by atoms with van der Waals surface area (Å²) in [6.45, 7) is 4.05. The number of nitrogens with zero attached hydrogens (tertiary/aromatic N) is 4. The van der Waals surface area contributed by atoms with Gasteiger partial charge in [-0.15, -0.1) is 0 Å². The van der Waals surface area contributed by atoms with Crippen molar-refractivity contribution in [2.24, 2.45) is 0 Å². The van der Waals surface area contributed by atoms with Crippen molar-refractivity contribution < 1.29 is 4.79 Å². The summed E-state index contributed by atoms with van der Waals surface area (Å²) >= 11 is 0. The molecule has 128 valence electrons. The third-order valence-corrected chi connectivity index (χ3v) is 4.91. The second-order valence-electron chi connectivity index (χ2n) is 6.49. The van der Waals surface area contributed by atoms with E-state index in [1.165, 1.54) is 5.56 Å². The first-order chi connectivity index (χ1) is 12.2. The lowest BCUT2D eigenvalue weighted by Gasteiger charge is -2.24. The molecule has 6 nitrogen and oxygen atoms in total. The van der Waals surface area contributed by atoms with Gasteiger partial charge in [0.15, 0.2) is 5.65 Å². The predicted molar refractivity (Wildman–Crippen MR) is 95.3 cm³/mol. The van der Waals surface area contributed by atoms with Gasteiger partial charge in [0.25, 0.3) is 5.91 Å². The first-order valence-corrected chi connectivity index (χ1v) is 8.60. The van der Waals surface area contributed by atoms with Crippen molar-refractivity contribution >= 4 is 11.6 Å². The van der Waals surface area contributed by atoms with E-state index in [9.17, 15) is 4.79 Å². The molecule has 1 aliphatic heterocycles. The van der Waals surface area contributed by atoms with Crippen LogP contribution in [-0.2, 0) is 0 Å². The summed E-state index contributed by atoms with van der Waals surface area (Å²) in [5, 5.41) is 7.32. The van der Waals surface area contributed by atoms with E-state index in [-0.39, 0.29) is 11.9 Å². The second-order valence-corrected chi connectivity index (χ2v) is 6.49. The number of aromatic nitrogens is 3. The molecule has 0 saturated carbocycles. The Kier molecular flexibility index (Phi) is 4.19. The van der Waals surface area contributed by atoms with Crippen molar-refractivity contribution in [3.8, 4) is 0 Å². The Balaban J connectivity index is 1.42. The first kappa shape index (κ1) is 15.8. The van der Waals surface area contributed by atoms with Gasteiger partial charge >= 0.3 is 0 Å². The van der Waals surface area contributed by atoms with Crippen LogP contribution in [0.1, 0.15) is 35.3 Å². The van der Waals surface area contributed by atoms with Gasteiger partial charge in [-0.25, -0.2) is 9.50 Å². The minimum atomic E-state index is -0.104. The van der Waals surface area contributed by atoms with Crippen molar-refractivity contribution in [2.45, 2.75) is 25.4 Å². The van der Waals surface area contributed by atoms with Crippen LogP contribution in [0.25, 0.3) is 5.65 Å². The molecule has 1 aromatic carbocycles. The van der Waals surface area contributed by atoms with Crippen LogP contribution < -0.4 is 5.32 Å². The van der Waals surface area contributed by atoms with Gasteiger partial charge in [0.1, 0.15) is 5.56 Å². The molecule has 3 aromatic rings. The first-order valence-electron chi connectivity index (χ1n) is 8.60. The van der Waals surface area contributed by atoms with E-state index in [0.717, 1.165) is 19.5 Å². The monoisotopic (exact) mass is 335 g/mol. The van der Waals surface area contributed by atoms with E-state index >= 15 is 0 Å². The number of fused-ring (bicyclic) bond motifs is 1. The summed E-state index contributed by atoms with van der Waals surface area (Å²) in [5.41, 5.74) is 2.42. The lowest BCUT2D eigenvalue weighted by Crippen LogP contribution is -2.37. The third kappa shape index (κ3) is 3.13. The van der Waals surface area contributed by atoms with Gasteiger partial charge in [0.2, 0.25) is 0 Å². The van der Waals surface area contributed by atoms with Gasteiger partial charge in [0.05, 0.1) is 6.20 Å². The number of amides is 1. The van der Waals surface area contributed by atoms with Gasteiger partial charge in [-0.3, -0.25) is 9.69 Å². The average molecular weight is 335 g/mol. The lowest BCUT2D eigenvalue weighted by atomic mass is 10.1. The van der Waals surface area contributed by atoms with Crippen LogP contribution in [0.15, 0.2) is 55.0 Å². The SMILES string of the molecule is C[C@@H](c1ccccc1)N1CC[C@H](NC(=O)c2cnn3cccnc23)C1. The number of nitrogens with one attached hydrogen (secondary N) is 1. The summed E-state index contributed by atoms with van der Waals surface area (Å²) in [4.78, 5) is 19.3. The fourth-order valence-corrected chi connectivity index (χ4v) is 3.45. The Labute approximate surface area is 146 Å². The van der Waals surface area contributed by atoms with Crippen molar-refractivity contribution in [2.75, 3.05) is 13.1 Å². The standard InChI is InChI=1S/C19H21N5O/c1-14(15-6-3-2-4-7-15)23-11-8-16(13-23)22-19(25)17-12-21-24-10-5-9-20-18(17)24/h2-7,9-10,12,14,16H,8,11,13H2,1H3,(H,22,25)/t14-,16-/m0/s1. The van der Waals surface area contributed by atoms with Crippen molar-refractivity contribution in [3.63, 3.8) is 0 Å². The lowest BCUT2D eigenvalue weighted by molar-refractivity contribution is 0.0938. The molecule has 0 radical (unpaired) electrons. The highest BCUT2D eigenvalue weighted by molar-refractivity contribution is 5.99. The minimum absolute atomic E-state index is 0.104. The molecular formula is C19H21N5O. The van der Waals surface area contributed by atoms with Crippen LogP contribution in [-0.4, -0.2) is 44.5 Å². The number of hydrogen-bond acceptors (Lipinski definition) is 4. The molecule has 1 aliphatic rings. The molecule has 2 aromatic heterocycles. The van der Waals surface area contributed by atoms with E-state index in [0.29, 0.717) is 17.3 Å². The molecule has 4 rings (SSSR count). The van der Waals surface area contributed by atoms with Crippen molar-refractivity contribution in [3.05, 3.63) is 66.1 Å². The molecule has 3 heterocycles. The number of hydrogen-bond donors (Lipinski definition) is 1. The number of carbonyl (C=O) groups is 1. The summed E-state index contributed by atoms with van der Waals surface area (Å²) in [5.74, 6) is -0.104. The van der Waals surface area contributed by atoms with Crippen LogP contribution in [0.5, 0.6) is 0 Å². The van der Waals surface area contributed by atoms with Crippen LogP contribution in [0.3, 0.4) is 0 Å². The summed E-state index contributed by atoms with van der Waals surface area (Å²) in [6, 6.07) is 12.8. The van der Waals surface area contributed by atoms with Crippen LogP contribution in [0.2, 0.25) is 0 Å². The van der Waals surface area contributed by atoms with E-state index in [2.05, 4.69) is 51.5 Å². The normalized spacial score (nSPS) is 19.2. The minimum Gasteiger partial charge on any atom is -0.348 e. The Bertz CT molecular complexity index is 876. The number of benzene rings is 1. The van der Waals surface area contributed by atoms with Gasteiger partial charge in [-0.05, 0) is 25.0 Å². The topological polar surface area (TPSA) is 62.5 Å². The molecule has 25 heavy (non-hydrogen) atoms. The van der Waals surface area contributed by atoms with E-state index in [4.69, 9.17) is 0 Å². The number of rotatable bonds is 4. The Morgan fingerprint density at radius 3 is 2.96 bits per heavy atom. The smallest absolute Gasteiger partial charge is 0.257 e. The maximum atomic E-state index is 12.6. The molecule has 1 amide bonds. The van der Waals surface area contributed by atoms with Crippen molar-refractivity contribution in [1.82, 2.24) is 24.8 Å². The fourth-order valence-electron chi connectivity index (χ4n) is 3.45. The summed E-state index contributed by atoms with van der Waals surface area (Å²) < 4.78 is 1.62. The summed E-state index contributed by atoms with van der Waals surface area (Å²) in [6.07, 6.45) is 6.00. The summed E-state index contributed by atoms with van der Waals surface area (Å²) in [7, 11) is 0. The molecule has 0 spiro atoms. The highest BCUT2D eigenvalue weighted by Crippen LogP contribution is 2.24. The molecule has 0 unspecified atom stereocenters. The fraction of sp³-hybridized carbons (Fsp3) is 0.316. The molecular weight excluding hydrogens is 314 g/mol. The quantitative estimate of drug-likeness (QED) is 0.795. The van der Waals surface area contributed by atoms with Gasteiger partial charge in [0, 0.05) is 37.6 Å². The van der Waals surface area contributed by atoms with Gasteiger partial charge in [-0.2, -0.15) is 5.10 Å². The molecule has 6 heteroatoms. The molecule has 1 fully saturated rings. The highest BCUT2D eigenvalue weighted by Gasteiger charge is 2.28. The highest BCUT2D eigenvalue weighted by atomic mass is 16.1. The maximum absolute atomic E-state index is 12.6. The second kappa shape index (κ2) is 6.64. The van der Waals surface area contributed by atoms with Crippen LogP contribution in [0.4, 0.5) is 0 Å². The maximum Gasteiger partial charge on any atom is 0.257 e. The zero-order valence-corrected chi connectivity index (χ0v) is 14.2. The average Bonchev–Trinajstić information content (AvgIpc) is 3.28. The van der Waals surface area contributed by atoms with E-state index in [1.807, 2.05) is 6.07 Å². The Morgan fingerprint density at radius 2 is 2.12 bits per heavy atom. The Morgan fingerprint density at radius 1 is 1.28 bits per heavy atom. The molecule has 1 N–H and O–H groups in total. The molecule has 2 atom stereocenters. The van der Waals surface area contributed by atoms with Gasteiger partial charge in [-0.1, -0.05) is 30.3 Å². The zero-order chi connectivity index (χ0) is 17.2. The number of carbonyl (C=O) groups excluding carboxylic acids is 1. The van der Waals surface area contributed by atoms with Crippen molar-refractivity contribution in [1.29, 1.82) is 0 Å². The molecule has 0 aliphatic carbocycles. The zero-order valence-electron chi connectivity index (χ0n) is 14.2. The largest absolute Gasteiger partial charge is 0.348 e.